The summed E-state index contributed by atoms with van der Waals surface area (Å²) >= 11 is 6.76. The summed E-state index contributed by atoms with van der Waals surface area (Å²) in [6.07, 6.45) is 4.04. The van der Waals surface area contributed by atoms with Gasteiger partial charge in [0.1, 0.15) is 5.75 Å². The van der Waals surface area contributed by atoms with Crippen molar-refractivity contribution < 1.29 is 9.53 Å². The van der Waals surface area contributed by atoms with E-state index in [1.807, 2.05) is 61.5 Å². The third kappa shape index (κ3) is 4.34. The molecule has 1 aliphatic heterocycles. The molecule has 0 N–H and O–H groups in total. The number of thiocarbonyl (C=S) groups is 1. The Kier molecular flexibility index (Phi) is 6.12. The first-order valence-corrected chi connectivity index (χ1v) is 9.88. The number of hydrogen-bond acceptors (Lipinski definition) is 4. The number of nitrogens with zero attached hydrogens (tertiary/aromatic N) is 1. The molecule has 1 saturated heterocycles. The second kappa shape index (κ2) is 8.52. The molecule has 0 bridgehead atoms. The zero-order valence-corrected chi connectivity index (χ0v) is 16.5. The second-order valence-electron chi connectivity index (χ2n) is 6.13. The molecular weight excluding hydrogens is 362 g/mol. The summed E-state index contributed by atoms with van der Waals surface area (Å²) in [5.41, 5.74) is 2.87. The molecule has 3 rings (SSSR count). The Morgan fingerprint density at radius 2 is 1.96 bits per heavy atom. The van der Waals surface area contributed by atoms with Crippen molar-refractivity contribution in [2.24, 2.45) is 0 Å². The van der Waals surface area contributed by atoms with E-state index in [4.69, 9.17) is 17.0 Å². The highest BCUT2D eigenvalue weighted by Crippen LogP contribution is 2.36. The minimum absolute atomic E-state index is 0.0751. The normalized spacial score (nSPS) is 15.8. The minimum atomic E-state index is -0.0751. The molecule has 0 saturated carbocycles. The number of ether oxygens (including phenoxy) is 1. The number of carbonyl (C=O) groups is 1. The predicted molar refractivity (Wildman–Crippen MR) is 114 cm³/mol. The summed E-state index contributed by atoms with van der Waals surface area (Å²) in [5, 5.41) is 0. The van der Waals surface area contributed by atoms with Gasteiger partial charge in [0.25, 0.3) is 5.91 Å². The molecule has 5 heteroatoms. The summed E-state index contributed by atoms with van der Waals surface area (Å²) in [4.78, 5) is 15.0. The molecule has 2 aromatic carbocycles. The number of carbonyl (C=O) groups excluding carboxylic acids is 1. The Morgan fingerprint density at radius 1 is 1.19 bits per heavy atom. The Labute approximate surface area is 164 Å². The molecule has 0 atom stereocenters. The zero-order valence-electron chi connectivity index (χ0n) is 14.9. The van der Waals surface area contributed by atoms with Crippen LogP contribution < -0.4 is 9.64 Å². The van der Waals surface area contributed by atoms with Crippen molar-refractivity contribution in [2.75, 3.05) is 11.5 Å². The van der Waals surface area contributed by atoms with Crippen LogP contribution in [-0.2, 0) is 4.79 Å². The molecule has 3 nitrogen and oxygen atoms in total. The smallest absolute Gasteiger partial charge is 0.270 e. The van der Waals surface area contributed by atoms with Gasteiger partial charge in [-0.2, -0.15) is 0 Å². The molecule has 26 heavy (non-hydrogen) atoms. The van der Waals surface area contributed by atoms with Crippen molar-refractivity contribution in [3.63, 3.8) is 0 Å². The molecule has 1 amide bonds. The van der Waals surface area contributed by atoms with Crippen LogP contribution in [0.25, 0.3) is 6.08 Å². The topological polar surface area (TPSA) is 29.5 Å². The van der Waals surface area contributed by atoms with Gasteiger partial charge < -0.3 is 4.74 Å². The first kappa shape index (κ1) is 18.7. The molecule has 0 spiro atoms. The minimum Gasteiger partial charge on any atom is -0.494 e. The summed E-state index contributed by atoms with van der Waals surface area (Å²) in [7, 11) is 0. The van der Waals surface area contributed by atoms with E-state index in [9.17, 15) is 4.79 Å². The van der Waals surface area contributed by atoms with Gasteiger partial charge in [0.2, 0.25) is 0 Å². The largest absolute Gasteiger partial charge is 0.494 e. The van der Waals surface area contributed by atoms with Crippen LogP contribution in [0.4, 0.5) is 5.69 Å². The number of rotatable bonds is 6. The van der Waals surface area contributed by atoms with E-state index in [2.05, 4.69) is 6.92 Å². The predicted octanol–water partition coefficient (Wildman–Crippen LogP) is 5.58. The first-order chi connectivity index (χ1) is 12.6. The number of anilines is 1. The molecule has 0 aromatic heterocycles. The lowest BCUT2D eigenvalue weighted by Gasteiger charge is -2.14. The van der Waals surface area contributed by atoms with Gasteiger partial charge in [-0.1, -0.05) is 61.6 Å². The number of unbranched alkanes of at least 4 members (excludes halogenated alkanes) is 1. The van der Waals surface area contributed by atoms with Crippen molar-refractivity contribution in [3.8, 4) is 5.75 Å². The number of benzene rings is 2. The summed E-state index contributed by atoms with van der Waals surface area (Å²) in [5.74, 6) is 0.775. The van der Waals surface area contributed by atoms with Crippen LogP contribution in [0.15, 0.2) is 53.4 Å². The third-order valence-electron chi connectivity index (χ3n) is 4.00. The molecule has 1 heterocycles. The maximum Gasteiger partial charge on any atom is 0.270 e. The molecular formula is C21H21NO2S2. The third-order valence-corrected chi connectivity index (χ3v) is 5.30. The van der Waals surface area contributed by atoms with Gasteiger partial charge in [-0.3, -0.25) is 9.69 Å². The van der Waals surface area contributed by atoms with Gasteiger partial charge in [0.15, 0.2) is 4.32 Å². The van der Waals surface area contributed by atoms with Crippen molar-refractivity contribution >= 4 is 46.0 Å². The van der Waals surface area contributed by atoms with Gasteiger partial charge in [-0.15, -0.1) is 0 Å². The number of hydrogen-bond donors (Lipinski definition) is 0. The van der Waals surface area contributed by atoms with E-state index >= 15 is 0 Å². The van der Waals surface area contributed by atoms with Crippen LogP contribution in [-0.4, -0.2) is 16.8 Å². The van der Waals surface area contributed by atoms with Crippen LogP contribution in [0.2, 0.25) is 0 Å². The summed E-state index contributed by atoms with van der Waals surface area (Å²) in [6.45, 7) is 4.87. The van der Waals surface area contributed by atoms with Crippen LogP contribution in [0.5, 0.6) is 5.75 Å². The Morgan fingerprint density at radius 3 is 2.65 bits per heavy atom. The first-order valence-electron chi connectivity index (χ1n) is 8.66. The molecule has 0 unspecified atom stereocenters. The highest BCUT2D eigenvalue weighted by Gasteiger charge is 2.33. The van der Waals surface area contributed by atoms with Gasteiger partial charge in [0.05, 0.1) is 17.2 Å². The standard InChI is InChI=1S/C21H21NO2S2/c1-3-4-12-24-18-10-8-16(9-11-18)14-19-20(23)22(21(25)26-19)17-7-5-6-15(2)13-17/h5-11,13-14H,3-4,12H2,1-2H3/b19-14+. The summed E-state index contributed by atoms with van der Waals surface area (Å²) in [6, 6.07) is 15.6. The zero-order chi connectivity index (χ0) is 18.5. The molecule has 1 aliphatic rings. The average Bonchev–Trinajstić information content (AvgIpc) is 2.90. The van der Waals surface area contributed by atoms with E-state index in [0.29, 0.717) is 9.23 Å². The Balaban J connectivity index is 1.75. The van der Waals surface area contributed by atoms with E-state index < -0.39 is 0 Å². The van der Waals surface area contributed by atoms with Gasteiger partial charge in [-0.05, 0) is 54.8 Å². The fourth-order valence-electron chi connectivity index (χ4n) is 2.60. The summed E-state index contributed by atoms with van der Waals surface area (Å²) < 4.78 is 6.24. The quantitative estimate of drug-likeness (QED) is 0.370. The Hall–Kier alpha value is -2.11. The maximum absolute atomic E-state index is 12.8. The maximum atomic E-state index is 12.8. The molecule has 1 fully saturated rings. The van der Waals surface area contributed by atoms with Crippen molar-refractivity contribution in [3.05, 3.63) is 64.6 Å². The van der Waals surface area contributed by atoms with Crippen LogP contribution in [0.3, 0.4) is 0 Å². The Bertz CT molecular complexity index is 843. The number of thioether (sulfide) groups is 1. The monoisotopic (exact) mass is 383 g/mol. The van der Waals surface area contributed by atoms with E-state index in [-0.39, 0.29) is 5.91 Å². The highest BCUT2D eigenvalue weighted by atomic mass is 32.2. The second-order valence-corrected chi connectivity index (χ2v) is 7.80. The van der Waals surface area contributed by atoms with Crippen LogP contribution in [0, 0.1) is 6.92 Å². The van der Waals surface area contributed by atoms with Crippen molar-refractivity contribution in [2.45, 2.75) is 26.7 Å². The molecule has 134 valence electrons. The van der Waals surface area contributed by atoms with Crippen molar-refractivity contribution in [1.29, 1.82) is 0 Å². The van der Waals surface area contributed by atoms with Gasteiger partial charge in [-0.25, -0.2) is 0 Å². The lowest BCUT2D eigenvalue weighted by atomic mass is 10.2. The van der Waals surface area contributed by atoms with Gasteiger partial charge in [0, 0.05) is 0 Å². The van der Waals surface area contributed by atoms with Gasteiger partial charge >= 0.3 is 0 Å². The van der Waals surface area contributed by atoms with E-state index in [0.717, 1.165) is 42.0 Å². The lowest BCUT2D eigenvalue weighted by Crippen LogP contribution is -2.27. The van der Waals surface area contributed by atoms with E-state index in [1.165, 1.54) is 11.8 Å². The van der Waals surface area contributed by atoms with E-state index in [1.54, 1.807) is 4.90 Å². The van der Waals surface area contributed by atoms with Crippen LogP contribution >= 0.6 is 24.0 Å². The lowest BCUT2D eigenvalue weighted by molar-refractivity contribution is -0.113. The number of amides is 1. The van der Waals surface area contributed by atoms with Crippen LogP contribution in [0.1, 0.15) is 30.9 Å². The number of aryl methyl sites for hydroxylation is 1. The highest BCUT2D eigenvalue weighted by molar-refractivity contribution is 8.27. The fraction of sp³-hybridized carbons (Fsp3) is 0.238. The average molecular weight is 384 g/mol. The van der Waals surface area contributed by atoms with Crippen molar-refractivity contribution in [1.82, 2.24) is 0 Å². The fourth-order valence-corrected chi connectivity index (χ4v) is 3.90. The SMILES string of the molecule is CCCCOc1ccc(/C=C2/SC(=S)N(c3cccc(C)c3)C2=O)cc1. The molecule has 0 radical (unpaired) electrons. The molecule has 2 aromatic rings. The molecule has 0 aliphatic carbocycles.